The topological polar surface area (TPSA) is 67.1 Å². The smallest absolute Gasteiger partial charge is 0.273 e. The number of carbonyl (C=O) groups is 1. The van der Waals surface area contributed by atoms with Crippen LogP contribution in [0.3, 0.4) is 0 Å². The number of aromatic nitrogens is 2. The first kappa shape index (κ1) is 15.1. The van der Waals surface area contributed by atoms with Crippen LogP contribution < -0.4 is 0 Å². The number of rotatable bonds is 2. The summed E-state index contributed by atoms with van der Waals surface area (Å²) in [6.07, 6.45) is 4.50. The van der Waals surface area contributed by atoms with Crippen LogP contribution in [0.2, 0.25) is 0 Å². The second kappa shape index (κ2) is 5.29. The summed E-state index contributed by atoms with van der Waals surface area (Å²) in [6, 6.07) is -0.0627. The molecule has 3 atom stereocenters. The fraction of sp³-hybridized carbons (Fsp3) is 0.625. The Morgan fingerprint density at radius 3 is 3.13 bits per heavy atom. The van der Waals surface area contributed by atoms with Gasteiger partial charge in [-0.2, -0.15) is 0 Å². The number of methoxy groups -OCH3 is 1. The summed E-state index contributed by atoms with van der Waals surface area (Å²) in [5.74, 6) is -0.00794. The summed E-state index contributed by atoms with van der Waals surface area (Å²) in [4.78, 5) is 20.4. The van der Waals surface area contributed by atoms with E-state index in [0.717, 1.165) is 29.9 Å². The molecule has 4 rings (SSSR count). The zero-order valence-corrected chi connectivity index (χ0v) is 14.2. The number of hydrogen-bond acceptors (Lipinski definition) is 5. The molecule has 1 N–H and O–H groups in total. The number of aliphatic hydroxyl groups excluding tert-OH is 1. The third kappa shape index (κ3) is 2.14. The fourth-order valence-electron chi connectivity index (χ4n) is 4.21. The lowest BCUT2D eigenvalue weighted by molar-refractivity contribution is -0.0825. The number of imidazole rings is 1. The highest BCUT2D eigenvalue weighted by atomic mass is 32.1. The molecule has 1 saturated heterocycles. The van der Waals surface area contributed by atoms with E-state index in [0.29, 0.717) is 18.7 Å². The van der Waals surface area contributed by atoms with E-state index in [-0.39, 0.29) is 23.7 Å². The van der Waals surface area contributed by atoms with Crippen molar-refractivity contribution >= 4 is 22.2 Å². The normalized spacial score (nSPS) is 30.8. The number of carbonyl (C=O) groups excluding carboxylic acids is 1. The predicted molar refractivity (Wildman–Crippen MR) is 86.8 cm³/mol. The van der Waals surface area contributed by atoms with Gasteiger partial charge in [-0.3, -0.25) is 9.20 Å². The molecule has 1 saturated carbocycles. The molecule has 0 bridgehead atoms. The van der Waals surface area contributed by atoms with Crippen molar-refractivity contribution in [1.82, 2.24) is 14.3 Å². The monoisotopic (exact) mass is 335 g/mol. The molecule has 0 aromatic carbocycles. The van der Waals surface area contributed by atoms with E-state index >= 15 is 0 Å². The van der Waals surface area contributed by atoms with Gasteiger partial charge in [-0.05, 0) is 32.6 Å². The van der Waals surface area contributed by atoms with Crippen LogP contribution in [0.25, 0.3) is 4.96 Å². The molecule has 7 heteroatoms. The van der Waals surface area contributed by atoms with Gasteiger partial charge < -0.3 is 14.7 Å². The standard InChI is InChI=1S/C16H21N3O3S/c1-10-13(19-7-8-23-15(19)17-10)14(21)18-6-5-16(22-2)4-3-11(20)9-12(16)18/h7-8,11-12,20H,3-6,9H2,1-2H3/t11-,12-,16+/m0/s1. The van der Waals surface area contributed by atoms with Gasteiger partial charge in [0.15, 0.2) is 4.96 Å². The minimum Gasteiger partial charge on any atom is -0.393 e. The summed E-state index contributed by atoms with van der Waals surface area (Å²) in [6.45, 7) is 2.54. The van der Waals surface area contributed by atoms with Crippen molar-refractivity contribution in [3.05, 3.63) is 23.0 Å². The largest absolute Gasteiger partial charge is 0.393 e. The zero-order chi connectivity index (χ0) is 16.2. The Morgan fingerprint density at radius 1 is 1.52 bits per heavy atom. The average Bonchev–Trinajstić information content (AvgIpc) is 3.19. The minimum atomic E-state index is -0.357. The van der Waals surface area contributed by atoms with Crippen LogP contribution in [0.5, 0.6) is 0 Å². The van der Waals surface area contributed by atoms with Gasteiger partial charge >= 0.3 is 0 Å². The molecule has 2 fully saturated rings. The quantitative estimate of drug-likeness (QED) is 0.909. The molecule has 1 aliphatic heterocycles. The lowest BCUT2D eigenvalue weighted by atomic mass is 9.79. The van der Waals surface area contributed by atoms with E-state index in [1.807, 2.05) is 27.8 Å². The average molecular weight is 335 g/mol. The molecule has 2 aromatic rings. The first-order valence-corrected chi connectivity index (χ1v) is 8.90. The van der Waals surface area contributed by atoms with Gasteiger partial charge in [0.05, 0.1) is 23.4 Å². The van der Waals surface area contributed by atoms with Crippen molar-refractivity contribution < 1.29 is 14.6 Å². The maximum Gasteiger partial charge on any atom is 0.273 e. The zero-order valence-electron chi connectivity index (χ0n) is 13.4. The maximum absolute atomic E-state index is 13.2. The Balaban J connectivity index is 1.71. The van der Waals surface area contributed by atoms with Crippen molar-refractivity contribution in [2.24, 2.45) is 0 Å². The number of hydrogen-bond donors (Lipinski definition) is 1. The second-order valence-corrected chi connectivity index (χ2v) is 7.44. The van der Waals surface area contributed by atoms with Gasteiger partial charge in [0.2, 0.25) is 0 Å². The van der Waals surface area contributed by atoms with E-state index < -0.39 is 0 Å². The Kier molecular flexibility index (Phi) is 3.48. The highest BCUT2D eigenvalue weighted by molar-refractivity contribution is 7.15. The third-order valence-corrected chi connectivity index (χ3v) is 6.22. The third-order valence-electron chi connectivity index (χ3n) is 5.46. The molecule has 2 aliphatic rings. The lowest BCUT2D eigenvalue weighted by Gasteiger charge is -2.42. The first-order chi connectivity index (χ1) is 11.1. The number of amides is 1. The van der Waals surface area contributed by atoms with E-state index in [2.05, 4.69) is 4.98 Å². The first-order valence-electron chi connectivity index (χ1n) is 8.02. The van der Waals surface area contributed by atoms with E-state index in [4.69, 9.17) is 4.74 Å². The summed E-state index contributed by atoms with van der Waals surface area (Å²) >= 11 is 1.53. The van der Waals surface area contributed by atoms with Crippen molar-refractivity contribution in [3.63, 3.8) is 0 Å². The molecular formula is C16H21N3O3S. The molecular weight excluding hydrogens is 314 g/mol. The molecule has 0 unspecified atom stereocenters. The van der Waals surface area contributed by atoms with Crippen LogP contribution >= 0.6 is 11.3 Å². The maximum atomic E-state index is 13.2. The van der Waals surface area contributed by atoms with Crippen molar-refractivity contribution in [3.8, 4) is 0 Å². The minimum absolute atomic E-state index is 0.00794. The SMILES string of the molecule is CO[C@@]12CC[C@H](O)C[C@@H]1N(C(=O)c1c(C)nc3sccn13)CC2. The predicted octanol–water partition coefficient (Wildman–Crippen LogP) is 1.85. The van der Waals surface area contributed by atoms with Crippen LogP contribution in [0, 0.1) is 6.92 Å². The molecule has 1 amide bonds. The summed E-state index contributed by atoms with van der Waals surface area (Å²) in [5.41, 5.74) is 1.09. The highest BCUT2D eigenvalue weighted by Crippen LogP contribution is 2.43. The molecule has 6 nitrogen and oxygen atoms in total. The number of likely N-dealkylation sites (tertiary alicyclic amines) is 1. The van der Waals surface area contributed by atoms with Crippen LogP contribution in [0.1, 0.15) is 41.9 Å². The molecule has 1 aliphatic carbocycles. The highest BCUT2D eigenvalue weighted by Gasteiger charge is 2.52. The van der Waals surface area contributed by atoms with Gasteiger partial charge in [-0.1, -0.05) is 0 Å². The molecule has 0 spiro atoms. The number of nitrogens with zero attached hydrogens (tertiary/aromatic N) is 3. The van der Waals surface area contributed by atoms with Crippen molar-refractivity contribution in [2.75, 3.05) is 13.7 Å². The van der Waals surface area contributed by atoms with Gasteiger partial charge in [0, 0.05) is 25.2 Å². The van der Waals surface area contributed by atoms with Crippen LogP contribution in [-0.4, -0.2) is 56.7 Å². The summed E-state index contributed by atoms with van der Waals surface area (Å²) in [5, 5.41) is 12.0. The molecule has 0 radical (unpaired) electrons. The van der Waals surface area contributed by atoms with Gasteiger partial charge in [-0.25, -0.2) is 4.98 Å². The Morgan fingerprint density at radius 2 is 2.35 bits per heavy atom. The number of aryl methyl sites for hydroxylation is 1. The Labute approximate surface area is 138 Å². The number of thiazole rings is 1. The van der Waals surface area contributed by atoms with Gasteiger partial charge in [-0.15, -0.1) is 11.3 Å². The van der Waals surface area contributed by atoms with Crippen LogP contribution in [0.15, 0.2) is 11.6 Å². The molecule has 2 aromatic heterocycles. The van der Waals surface area contributed by atoms with Gasteiger partial charge in [0.25, 0.3) is 5.91 Å². The van der Waals surface area contributed by atoms with Crippen molar-refractivity contribution in [2.45, 2.75) is 50.4 Å². The fourth-order valence-corrected chi connectivity index (χ4v) is 4.97. The second-order valence-electron chi connectivity index (χ2n) is 6.56. The van der Waals surface area contributed by atoms with Crippen LogP contribution in [0.4, 0.5) is 0 Å². The number of aliphatic hydroxyl groups is 1. The molecule has 23 heavy (non-hydrogen) atoms. The van der Waals surface area contributed by atoms with Crippen molar-refractivity contribution in [1.29, 1.82) is 0 Å². The number of ether oxygens (including phenoxy) is 1. The van der Waals surface area contributed by atoms with E-state index in [1.54, 1.807) is 7.11 Å². The van der Waals surface area contributed by atoms with E-state index in [9.17, 15) is 9.90 Å². The van der Waals surface area contributed by atoms with E-state index in [1.165, 1.54) is 11.3 Å². The lowest BCUT2D eigenvalue weighted by Crippen LogP contribution is -2.53. The molecule has 124 valence electrons. The summed E-state index contributed by atoms with van der Waals surface area (Å²) < 4.78 is 7.70. The van der Waals surface area contributed by atoms with Gasteiger partial charge in [0.1, 0.15) is 5.69 Å². The Bertz CT molecular complexity index is 755. The summed E-state index contributed by atoms with van der Waals surface area (Å²) in [7, 11) is 1.72. The van der Waals surface area contributed by atoms with Crippen LogP contribution in [-0.2, 0) is 4.74 Å². The number of fused-ring (bicyclic) bond motifs is 2. The Hall–Kier alpha value is -1.44. The molecule has 3 heterocycles.